The summed E-state index contributed by atoms with van der Waals surface area (Å²) in [7, 11) is -2.21. The molecule has 0 heterocycles. The van der Waals surface area contributed by atoms with Gasteiger partial charge in [0, 0.05) is 6.04 Å². The van der Waals surface area contributed by atoms with Gasteiger partial charge in [0.05, 0.1) is 7.11 Å². The van der Waals surface area contributed by atoms with Crippen molar-refractivity contribution in [3.63, 3.8) is 0 Å². The average Bonchev–Trinajstić information content (AvgIpc) is 2.54. The second-order valence-corrected chi connectivity index (χ2v) is 7.95. The number of hydrogen-bond donors (Lipinski definition) is 1. The fourth-order valence-electron chi connectivity index (χ4n) is 2.77. The first-order valence-electron chi connectivity index (χ1n) is 8.02. The highest BCUT2D eigenvalue weighted by Crippen LogP contribution is 2.31. The zero-order chi connectivity index (χ0) is 17.9. The quantitative estimate of drug-likeness (QED) is 0.853. The normalized spacial score (nSPS) is 13.1. The third-order valence-corrected chi connectivity index (χ3v) is 5.66. The average molecular weight is 347 g/mol. The van der Waals surface area contributed by atoms with Gasteiger partial charge in [0.25, 0.3) is 0 Å². The molecule has 2 aromatic rings. The summed E-state index contributed by atoms with van der Waals surface area (Å²) in [5.74, 6) is 0.598. The Morgan fingerprint density at radius 2 is 1.67 bits per heavy atom. The smallest absolute Gasteiger partial charge is 0.244 e. The Labute approximate surface area is 144 Å². The Morgan fingerprint density at radius 1 is 1.04 bits per heavy atom. The largest absolute Gasteiger partial charge is 0.495 e. The van der Waals surface area contributed by atoms with Gasteiger partial charge < -0.3 is 4.74 Å². The molecular formula is C19H25NO3S. The van der Waals surface area contributed by atoms with Gasteiger partial charge >= 0.3 is 0 Å². The van der Waals surface area contributed by atoms with E-state index in [4.69, 9.17) is 4.74 Å². The summed E-state index contributed by atoms with van der Waals surface area (Å²) >= 11 is 0. The van der Waals surface area contributed by atoms with Crippen LogP contribution in [0.1, 0.15) is 49.4 Å². The van der Waals surface area contributed by atoms with Gasteiger partial charge in [-0.05, 0) is 48.6 Å². The van der Waals surface area contributed by atoms with Crippen LogP contribution in [0.25, 0.3) is 0 Å². The minimum atomic E-state index is -3.70. The van der Waals surface area contributed by atoms with Crippen LogP contribution in [0.5, 0.6) is 5.75 Å². The minimum absolute atomic E-state index is 0.182. The van der Waals surface area contributed by atoms with Crippen molar-refractivity contribution in [2.45, 2.75) is 44.6 Å². The summed E-state index contributed by atoms with van der Waals surface area (Å²) in [6, 6.07) is 12.7. The molecule has 0 aromatic heterocycles. The van der Waals surface area contributed by atoms with E-state index in [0.29, 0.717) is 5.75 Å². The number of aryl methyl sites for hydroxylation is 1. The number of rotatable bonds is 6. The number of ether oxygens (including phenoxy) is 1. The van der Waals surface area contributed by atoms with Crippen molar-refractivity contribution in [1.29, 1.82) is 0 Å². The molecular weight excluding hydrogens is 322 g/mol. The molecule has 0 aliphatic rings. The van der Waals surface area contributed by atoms with E-state index in [-0.39, 0.29) is 16.9 Å². The topological polar surface area (TPSA) is 55.4 Å². The van der Waals surface area contributed by atoms with E-state index < -0.39 is 10.0 Å². The molecule has 0 saturated carbocycles. The molecule has 2 rings (SSSR count). The molecule has 1 N–H and O–H groups in total. The minimum Gasteiger partial charge on any atom is -0.495 e. The summed E-state index contributed by atoms with van der Waals surface area (Å²) in [5, 5.41) is 0. The van der Waals surface area contributed by atoms with Gasteiger partial charge in [-0.25, -0.2) is 13.1 Å². The van der Waals surface area contributed by atoms with Crippen molar-refractivity contribution in [2.75, 3.05) is 7.11 Å². The second kappa shape index (κ2) is 7.36. The molecule has 0 radical (unpaired) electrons. The van der Waals surface area contributed by atoms with Gasteiger partial charge in [0.2, 0.25) is 10.0 Å². The summed E-state index contributed by atoms with van der Waals surface area (Å²) in [6.45, 7) is 7.89. The van der Waals surface area contributed by atoms with E-state index in [1.807, 2.05) is 58.0 Å². The highest BCUT2D eigenvalue weighted by molar-refractivity contribution is 7.89. The molecule has 130 valence electrons. The zero-order valence-corrected chi connectivity index (χ0v) is 15.6. The van der Waals surface area contributed by atoms with Gasteiger partial charge in [-0.1, -0.05) is 44.2 Å². The second-order valence-electron chi connectivity index (χ2n) is 6.27. The van der Waals surface area contributed by atoms with E-state index >= 15 is 0 Å². The first kappa shape index (κ1) is 18.5. The van der Waals surface area contributed by atoms with Crippen LogP contribution >= 0.6 is 0 Å². The SMILES string of the molecule is COc1cc(C)c(C(C)C)cc1S(=O)(=O)N[C@H](C)c1ccccc1. The Hall–Kier alpha value is -1.85. The van der Waals surface area contributed by atoms with E-state index in [2.05, 4.69) is 4.72 Å². The lowest BCUT2D eigenvalue weighted by molar-refractivity contribution is 0.401. The third-order valence-electron chi connectivity index (χ3n) is 4.10. The lowest BCUT2D eigenvalue weighted by Gasteiger charge is -2.19. The lowest BCUT2D eigenvalue weighted by atomic mass is 9.98. The maximum Gasteiger partial charge on any atom is 0.244 e. The van der Waals surface area contributed by atoms with Gasteiger partial charge in [-0.3, -0.25) is 0 Å². The van der Waals surface area contributed by atoms with Crippen LogP contribution in [-0.2, 0) is 10.0 Å². The summed E-state index contributed by atoms with van der Waals surface area (Å²) in [5.41, 5.74) is 2.94. The monoisotopic (exact) mass is 347 g/mol. The van der Waals surface area contributed by atoms with Crippen LogP contribution in [0.2, 0.25) is 0 Å². The van der Waals surface area contributed by atoms with Crippen molar-refractivity contribution < 1.29 is 13.2 Å². The Balaban J connectivity index is 2.43. The Bertz CT molecular complexity index is 799. The molecule has 4 nitrogen and oxygen atoms in total. The van der Waals surface area contributed by atoms with E-state index in [1.54, 1.807) is 12.1 Å². The number of methoxy groups -OCH3 is 1. The van der Waals surface area contributed by atoms with Gasteiger partial charge in [-0.15, -0.1) is 0 Å². The Kier molecular flexibility index (Phi) is 5.67. The van der Waals surface area contributed by atoms with E-state index in [1.165, 1.54) is 7.11 Å². The Morgan fingerprint density at radius 3 is 2.21 bits per heavy atom. The summed E-state index contributed by atoms with van der Waals surface area (Å²) < 4.78 is 33.8. The van der Waals surface area contributed by atoms with Crippen molar-refractivity contribution in [2.24, 2.45) is 0 Å². The maximum absolute atomic E-state index is 12.9. The van der Waals surface area contributed by atoms with E-state index in [9.17, 15) is 8.42 Å². The third kappa shape index (κ3) is 3.97. The molecule has 24 heavy (non-hydrogen) atoms. The zero-order valence-electron chi connectivity index (χ0n) is 14.8. The van der Waals surface area contributed by atoms with Crippen LogP contribution in [0.4, 0.5) is 0 Å². The van der Waals surface area contributed by atoms with Gasteiger partial charge in [-0.2, -0.15) is 0 Å². The van der Waals surface area contributed by atoms with Crippen LogP contribution < -0.4 is 9.46 Å². The maximum atomic E-state index is 12.9. The molecule has 1 atom stereocenters. The highest BCUT2D eigenvalue weighted by Gasteiger charge is 2.24. The molecule has 0 aliphatic heterocycles. The number of hydrogen-bond acceptors (Lipinski definition) is 3. The number of nitrogens with one attached hydrogen (secondary N) is 1. The summed E-state index contributed by atoms with van der Waals surface area (Å²) in [6.07, 6.45) is 0. The van der Waals surface area contributed by atoms with Gasteiger partial charge in [0.1, 0.15) is 10.6 Å². The van der Waals surface area contributed by atoms with Crippen molar-refractivity contribution in [1.82, 2.24) is 4.72 Å². The predicted molar refractivity (Wildman–Crippen MR) is 97.0 cm³/mol. The van der Waals surface area contributed by atoms with Crippen molar-refractivity contribution in [3.05, 3.63) is 59.2 Å². The van der Waals surface area contributed by atoms with Gasteiger partial charge in [0.15, 0.2) is 0 Å². The standard InChI is InChI=1S/C19H25NO3S/c1-13(2)17-12-19(18(23-5)11-14(17)3)24(21,22)20-15(4)16-9-7-6-8-10-16/h6-13,15,20H,1-5H3/t15-/m1/s1. The molecule has 0 amide bonds. The first-order chi connectivity index (χ1) is 11.3. The molecule has 0 fully saturated rings. The number of sulfonamides is 1. The highest BCUT2D eigenvalue weighted by atomic mass is 32.2. The predicted octanol–water partition coefficient (Wildman–Crippen LogP) is 4.17. The van der Waals surface area contributed by atoms with Crippen molar-refractivity contribution >= 4 is 10.0 Å². The molecule has 5 heteroatoms. The van der Waals surface area contributed by atoms with E-state index in [0.717, 1.165) is 16.7 Å². The molecule has 0 bridgehead atoms. The fourth-order valence-corrected chi connectivity index (χ4v) is 4.19. The van der Waals surface area contributed by atoms with Crippen molar-refractivity contribution in [3.8, 4) is 5.75 Å². The van der Waals surface area contributed by atoms with Crippen LogP contribution in [0, 0.1) is 6.92 Å². The lowest BCUT2D eigenvalue weighted by Crippen LogP contribution is -2.27. The number of benzene rings is 2. The molecule has 0 unspecified atom stereocenters. The fraction of sp³-hybridized carbons (Fsp3) is 0.368. The van der Waals surface area contributed by atoms with Crippen LogP contribution in [0.3, 0.4) is 0 Å². The molecule has 0 saturated heterocycles. The molecule has 2 aromatic carbocycles. The first-order valence-corrected chi connectivity index (χ1v) is 9.50. The summed E-state index contributed by atoms with van der Waals surface area (Å²) in [4.78, 5) is 0.182. The van der Waals surface area contributed by atoms with Crippen LogP contribution in [0.15, 0.2) is 47.4 Å². The van der Waals surface area contributed by atoms with Crippen LogP contribution in [-0.4, -0.2) is 15.5 Å². The molecule has 0 spiro atoms. The molecule has 0 aliphatic carbocycles.